The molecule has 1 atom stereocenters. The quantitative estimate of drug-likeness (QED) is 0.779. The number of hydrazine groups is 1. The lowest BCUT2D eigenvalue weighted by atomic mass is 9.96. The summed E-state index contributed by atoms with van der Waals surface area (Å²) in [6, 6.07) is 0. The molecule has 1 unspecified atom stereocenters. The van der Waals surface area contributed by atoms with Crippen LogP contribution in [0.2, 0.25) is 0 Å². The molecule has 0 amide bonds. The van der Waals surface area contributed by atoms with Gasteiger partial charge in [-0.1, -0.05) is 0 Å². The van der Waals surface area contributed by atoms with Crippen molar-refractivity contribution in [1.29, 1.82) is 0 Å². The smallest absolute Gasteiger partial charge is 0.219 e. The van der Waals surface area contributed by atoms with E-state index in [-0.39, 0.29) is 11.2 Å². The summed E-state index contributed by atoms with van der Waals surface area (Å²) in [7, 11) is -3.24. The fourth-order valence-corrected chi connectivity index (χ4v) is 4.58. The minimum atomic E-state index is -3.24. The third-order valence-electron chi connectivity index (χ3n) is 3.95. The Morgan fingerprint density at radius 3 is 2.75 bits per heavy atom. The molecule has 2 aliphatic heterocycles. The Hall–Kier alpha value is -1.09. The van der Waals surface area contributed by atoms with Crippen LogP contribution in [0.5, 0.6) is 0 Å². The normalized spacial score (nSPS) is 25.9. The van der Waals surface area contributed by atoms with Gasteiger partial charge in [0.1, 0.15) is 5.25 Å². The van der Waals surface area contributed by atoms with Crippen molar-refractivity contribution in [3.8, 4) is 0 Å². The zero-order valence-corrected chi connectivity index (χ0v) is 12.0. The van der Waals surface area contributed by atoms with E-state index in [9.17, 15) is 8.42 Å². The largest absolute Gasteiger partial charge is 0.261 e. The highest BCUT2D eigenvalue weighted by Gasteiger charge is 2.37. The predicted molar refractivity (Wildman–Crippen MR) is 74.3 cm³/mol. The minimum absolute atomic E-state index is 0.148. The van der Waals surface area contributed by atoms with Gasteiger partial charge in [0.25, 0.3) is 0 Å². The summed E-state index contributed by atoms with van der Waals surface area (Å²) in [5.74, 6) is 0.148. The number of nitrogens with zero attached hydrogens (tertiary/aromatic N) is 3. The summed E-state index contributed by atoms with van der Waals surface area (Å²) in [6.07, 6.45) is 6.86. The van der Waals surface area contributed by atoms with Gasteiger partial charge in [-0.15, -0.1) is 0 Å². The first kappa shape index (κ1) is 13.9. The summed E-state index contributed by atoms with van der Waals surface area (Å²) in [5.41, 5.74) is 6.65. The molecule has 1 aromatic heterocycles. The van der Waals surface area contributed by atoms with Crippen LogP contribution in [0.3, 0.4) is 0 Å². The average molecular weight is 297 g/mol. The second-order valence-corrected chi connectivity index (χ2v) is 7.47. The monoisotopic (exact) mass is 297 g/mol. The molecule has 2 fully saturated rings. The number of sulfonamides is 1. The summed E-state index contributed by atoms with van der Waals surface area (Å²) >= 11 is 0. The maximum atomic E-state index is 12.6. The number of aromatic nitrogens is 2. The Bertz CT molecular complexity index is 544. The standard InChI is InChI=1S/C12H19N5O2S/c18-20(19,11-6-15-16-7-11)17-5-1-2-10(9-17)12-8-13-3-4-14-12/h3-4,8,10-11,15-16H,1-2,5-7,9H2. The second kappa shape index (κ2) is 5.72. The summed E-state index contributed by atoms with van der Waals surface area (Å²) in [4.78, 5) is 8.38. The van der Waals surface area contributed by atoms with Gasteiger partial charge >= 0.3 is 0 Å². The van der Waals surface area contributed by atoms with Gasteiger partial charge in [0.2, 0.25) is 10.0 Å². The van der Waals surface area contributed by atoms with Crippen LogP contribution in [0.1, 0.15) is 24.5 Å². The van der Waals surface area contributed by atoms with E-state index >= 15 is 0 Å². The highest BCUT2D eigenvalue weighted by Crippen LogP contribution is 2.27. The molecule has 3 rings (SSSR count). The van der Waals surface area contributed by atoms with Crippen LogP contribution < -0.4 is 10.9 Å². The molecule has 8 heteroatoms. The molecular formula is C12H19N5O2S. The van der Waals surface area contributed by atoms with E-state index in [1.807, 2.05) is 0 Å². The average Bonchev–Trinajstić information content (AvgIpc) is 3.03. The van der Waals surface area contributed by atoms with Gasteiger partial charge in [-0.3, -0.25) is 20.8 Å². The maximum absolute atomic E-state index is 12.6. The van der Waals surface area contributed by atoms with Gasteiger partial charge in [-0.05, 0) is 12.8 Å². The SMILES string of the molecule is O=S(=O)(C1CNNC1)N1CCCC(c2cnccn2)C1. The molecular weight excluding hydrogens is 278 g/mol. The first-order valence-corrected chi connectivity index (χ1v) is 8.39. The van der Waals surface area contributed by atoms with Gasteiger partial charge < -0.3 is 0 Å². The molecule has 3 heterocycles. The van der Waals surface area contributed by atoms with E-state index < -0.39 is 10.0 Å². The lowest BCUT2D eigenvalue weighted by Gasteiger charge is -2.33. The van der Waals surface area contributed by atoms with Crippen molar-refractivity contribution in [3.05, 3.63) is 24.3 Å². The van der Waals surface area contributed by atoms with E-state index in [1.54, 1.807) is 22.9 Å². The lowest BCUT2D eigenvalue weighted by Crippen LogP contribution is -2.45. The second-order valence-electron chi connectivity index (χ2n) is 5.26. The van der Waals surface area contributed by atoms with Crippen molar-refractivity contribution in [2.24, 2.45) is 0 Å². The molecule has 0 aliphatic carbocycles. The topological polar surface area (TPSA) is 87.2 Å². The number of nitrogens with one attached hydrogen (secondary N) is 2. The molecule has 2 saturated heterocycles. The van der Waals surface area contributed by atoms with Gasteiger partial charge in [0, 0.05) is 50.7 Å². The van der Waals surface area contributed by atoms with Gasteiger partial charge in [-0.25, -0.2) is 12.7 Å². The minimum Gasteiger partial charge on any atom is -0.261 e. The van der Waals surface area contributed by atoms with Crippen molar-refractivity contribution in [2.75, 3.05) is 26.2 Å². The van der Waals surface area contributed by atoms with Crippen LogP contribution in [-0.2, 0) is 10.0 Å². The predicted octanol–water partition coefficient (Wildman–Crippen LogP) is -0.538. The Balaban J connectivity index is 1.75. The van der Waals surface area contributed by atoms with Crippen molar-refractivity contribution in [1.82, 2.24) is 25.1 Å². The summed E-state index contributed by atoms with van der Waals surface area (Å²) in [5, 5.41) is -0.372. The Morgan fingerprint density at radius 2 is 2.05 bits per heavy atom. The number of piperidine rings is 1. The van der Waals surface area contributed by atoms with Crippen LogP contribution in [0.4, 0.5) is 0 Å². The van der Waals surface area contributed by atoms with Gasteiger partial charge in [0.15, 0.2) is 0 Å². The van der Waals surface area contributed by atoms with E-state index in [0.717, 1.165) is 18.5 Å². The van der Waals surface area contributed by atoms with Gasteiger partial charge in [-0.2, -0.15) is 0 Å². The molecule has 7 nitrogen and oxygen atoms in total. The summed E-state index contributed by atoms with van der Waals surface area (Å²) in [6.45, 7) is 2.05. The molecule has 1 aromatic rings. The molecule has 0 saturated carbocycles. The number of hydrogen-bond donors (Lipinski definition) is 2. The van der Waals surface area contributed by atoms with Crippen LogP contribution >= 0.6 is 0 Å². The zero-order chi connectivity index (χ0) is 14.0. The maximum Gasteiger partial charge on any atom is 0.219 e. The van der Waals surface area contributed by atoms with E-state index in [1.165, 1.54) is 0 Å². The van der Waals surface area contributed by atoms with E-state index in [2.05, 4.69) is 20.8 Å². The molecule has 0 radical (unpaired) electrons. The Kier molecular flexibility index (Phi) is 3.97. The third kappa shape index (κ3) is 2.69. The Labute approximate surface area is 118 Å². The fraction of sp³-hybridized carbons (Fsp3) is 0.667. The van der Waals surface area contributed by atoms with Crippen molar-refractivity contribution < 1.29 is 8.42 Å². The molecule has 20 heavy (non-hydrogen) atoms. The molecule has 0 spiro atoms. The van der Waals surface area contributed by atoms with Crippen molar-refractivity contribution in [3.63, 3.8) is 0 Å². The van der Waals surface area contributed by atoms with Crippen LogP contribution in [0, 0.1) is 0 Å². The van der Waals surface area contributed by atoms with E-state index in [4.69, 9.17) is 0 Å². The first-order chi connectivity index (χ1) is 9.68. The van der Waals surface area contributed by atoms with Gasteiger partial charge in [0.05, 0.1) is 5.69 Å². The molecule has 0 aromatic carbocycles. The fourth-order valence-electron chi connectivity index (χ4n) is 2.80. The Morgan fingerprint density at radius 1 is 1.25 bits per heavy atom. The van der Waals surface area contributed by atoms with Crippen molar-refractivity contribution in [2.45, 2.75) is 24.0 Å². The number of hydrogen-bond acceptors (Lipinski definition) is 6. The van der Waals surface area contributed by atoms with Crippen LogP contribution in [0.15, 0.2) is 18.6 Å². The molecule has 2 aliphatic rings. The molecule has 0 bridgehead atoms. The summed E-state index contributed by atoms with van der Waals surface area (Å²) < 4.78 is 26.8. The first-order valence-electron chi connectivity index (χ1n) is 6.88. The third-order valence-corrected chi connectivity index (χ3v) is 6.18. The zero-order valence-electron chi connectivity index (χ0n) is 11.2. The number of rotatable bonds is 3. The molecule has 110 valence electrons. The highest BCUT2D eigenvalue weighted by molar-refractivity contribution is 7.89. The lowest BCUT2D eigenvalue weighted by molar-refractivity contribution is 0.310. The van der Waals surface area contributed by atoms with Crippen LogP contribution in [0.25, 0.3) is 0 Å². The molecule has 2 N–H and O–H groups in total. The van der Waals surface area contributed by atoms with Crippen molar-refractivity contribution >= 4 is 10.0 Å². The van der Waals surface area contributed by atoms with Crippen LogP contribution in [-0.4, -0.2) is 54.1 Å². The highest BCUT2D eigenvalue weighted by atomic mass is 32.2. The van der Waals surface area contributed by atoms with E-state index in [0.29, 0.717) is 26.2 Å².